The van der Waals surface area contributed by atoms with Gasteiger partial charge >= 0.3 is 0 Å². The lowest BCUT2D eigenvalue weighted by Gasteiger charge is -2.10. The van der Waals surface area contributed by atoms with E-state index in [9.17, 15) is 0 Å². The number of fused-ring (bicyclic) bond motifs is 1. The van der Waals surface area contributed by atoms with E-state index in [1.54, 1.807) is 28.6 Å². The lowest BCUT2D eigenvalue weighted by Crippen LogP contribution is -2.07. The third-order valence-electron chi connectivity index (χ3n) is 4.99. The average Bonchev–Trinajstić information content (AvgIpc) is 3.47. The van der Waals surface area contributed by atoms with Gasteiger partial charge in [0.15, 0.2) is 11.6 Å². The van der Waals surface area contributed by atoms with Crippen LogP contribution in [0, 0.1) is 6.92 Å². The van der Waals surface area contributed by atoms with Gasteiger partial charge in [0.05, 0.1) is 12.8 Å². The molecule has 0 bridgehead atoms. The molecule has 0 unspecified atom stereocenters. The minimum atomic E-state index is 0.452. The Labute approximate surface area is 177 Å². The van der Waals surface area contributed by atoms with Crippen LogP contribution in [0.1, 0.15) is 5.56 Å². The van der Waals surface area contributed by atoms with Crippen molar-refractivity contribution in [2.75, 3.05) is 12.4 Å². The number of hydrogen-bond acceptors (Lipinski definition) is 8. The lowest BCUT2D eigenvalue weighted by atomic mass is 10.1. The normalized spacial score (nSPS) is 11.2. The molecule has 5 rings (SSSR count). The Morgan fingerprint density at radius 3 is 2.65 bits per heavy atom. The highest BCUT2D eigenvalue weighted by atomic mass is 16.5. The molecule has 0 spiro atoms. The van der Waals surface area contributed by atoms with E-state index >= 15 is 0 Å². The molecule has 0 saturated heterocycles. The van der Waals surface area contributed by atoms with Gasteiger partial charge in [-0.3, -0.25) is 4.68 Å². The Hall–Kier alpha value is -4.28. The van der Waals surface area contributed by atoms with Crippen molar-refractivity contribution >= 4 is 17.2 Å². The summed E-state index contributed by atoms with van der Waals surface area (Å²) in [5, 5.41) is 12.5. The molecule has 0 aliphatic carbocycles. The van der Waals surface area contributed by atoms with Gasteiger partial charge in [-0.1, -0.05) is 0 Å². The molecular formula is C20H20N10O. The van der Waals surface area contributed by atoms with Gasteiger partial charge in [-0.2, -0.15) is 5.10 Å². The van der Waals surface area contributed by atoms with Crippen molar-refractivity contribution in [1.29, 1.82) is 0 Å². The van der Waals surface area contributed by atoms with E-state index in [2.05, 4.69) is 25.4 Å². The van der Waals surface area contributed by atoms with Crippen molar-refractivity contribution in [3.63, 3.8) is 0 Å². The largest absolute Gasteiger partial charge is 0.481 e. The molecule has 0 atom stereocenters. The maximum absolute atomic E-state index is 5.21. The van der Waals surface area contributed by atoms with Gasteiger partial charge in [0.2, 0.25) is 11.7 Å². The first-order valence-electron chi connectivity index (χ1n) is 9.54. The van der Waals surface area contributed by atoms with Gasteiger partial charge in [-0.15, -0.1) is 5.10 Å². The summed E-state index contributed by atoms with van der Waals surface area (Å²) in [5.74, 6) is 2.72. The van der Waals surface area contributed by atoms with Crippen molar-refractivity contribution in [1.82, 2.24) is 43.9 Å². The molecular weight excluding hydrogens is 396 g/mol. The molecule has 11 heteroatoms. The van der Waals surface area contributed by atoms with Gasteiger partial charge in [0, 0.05) is 50.5 Å². The number of rotatable bonds is 5. The molecule has 156 valence electrons. The molecule has 0 fully saturated rings. The fraction of sp³-hybridized carbons (Fsp3) is 0.200. The zero-order valence-electron chi connectivity index (χ0n) is 17.5. The first kappa shape index (κ1) is 18.7. The molecule has 0 aliphatic rings. The number of ether oxygens (including phenoxy) is 1. The van der Waals surface area contributed by atoms with E-state index in [0.29, 0.717) is 29.2 Å². The second-order valence-electron chi connectivity index (χ2n) is 7.05. The molecule has 0 aromatic carbocycles. The fourth-order valence-corrected chi connectivity index (χ4v) is 3.45. The Kier molecular flexibility index (Phi) is 4.35. The molecule has 5 heterocycles. The van der Waals surface area contributed by atoms with Gasteiger partial charge < -0.3 is 14.6 Å². The molecule has 0 amide bonds. The van der Waals surface area contributed by atoms with Crippen molar-refractivity contribution in [3.8, 4) is 28.8 Å². The predicted molar refractivity (Wildman–Crippen MR) is 114 cm³/mol. The molecule has 0 saturated carbocycles. The van der Waals surface area contributed by atoms with Gasteiger partial charge in [0.1, 0.15) is 17.7 Å². The quantitative estimate of drug-likeness (QED) is 0.465. The van der Waals surface area contributed by atoms with Crippen LogP contribution >= 0.6 is 0 Å². The zero-order chi connectivity index (χ0) is 21.5. The van der Waals surface area contributed by atoms with Crippen LogP contribution in [0.5, 0.6) is 5.88 Å². The summed E-state index contributed by atoms with van der Waals surface area (Å²) < 4.78 is 10.7. The number of nitrogens with zero attached hydrogens (tertiary/aromatic N) is 9. The van der Waals surface area contributed by atoms with Gasteiger partial charge in [-0.05, 0) is 18.6 Å². The average molecular weight is 416 g/mol. The van der Waals surface area contributed by atoms with E-state index in [1.165, 1.54) is 6.33 Å². The summed E-state index contributed by atoms with van der Waals surface area (Å²) >= 11 is 0. The van der Waals surface area contributed by atoms with Crippen LogP contribution in [0.4, 0.5) is 11.6 Å². The van der Waals surface area contributed by atoms with E-state index < -0.39 is 0 Å². The topological polar surface area (TPSA) is 113 Å². The first-order chi connectivity index (χ1) is 15.0. The Bertz CT molecular complexity index is 1400. The fourth-order valence-electron chi connectivity index (χ4n) is 3.45. The molecule has 0 radical (unpaired) electrons. The highest BCUT2D eigenvalue weighted by Gasteiger charge is 2.19. The zero-order valence-corrected chi connectivity index (χ0v) is 17.5. The number of hydrogen-bond donors (Lipinski definition) is 1. The maximum atomic E-state index is 5.21. The highest BCUT2D eigenvalue weighted by Crippen LogP contribution is 2.32. The van der Waals surface area contributed by atoms with E-state index in [4.69, 9.17) is 14.8 Å². The number of imidazole rings is 1. The van der Waals surface area contributed by atoms with Crippen LogP contribution in [-0.2, 0) is 14.1 Å². The second-order valence-corrected chi connectivity index (χ2v) is 7.05. The summed E-state index contributed by atoms with van der Waals surface area (Å²) in [6, 6.07) is 3.67. The minimum absolute atomic E-state index is 0.452. The van der Waals surface area contributed by atoms with Crippen molar-refractivity contribution in [2.24, 2.45) is 14.1 Å². The van der Waals surface area contributed by atoms with Crippen molar-refractivity contribution in [3.05, 3.63) is 48.8 Å². The van der Waals surface area contributed by atoms with Crippen LogP contribution < -0.4 is 10.1 Å². The smallest absolute Gasteiger partial charge is 0.218 e. The number of nitrogens with one attached hydrogen (secondary N) is 1. The van der Waals surface area contributed by atoms with E-state index in [0.717, 1.165) is 22.3 Å². The standard InChI is InChI=1S/C20H20N10O/c1-12-13(14-5-7-29(3)26-14)10-30-17(12)18(24-15-9-16(31-4)23-11-22-15)25-19(27-30)20-21-6-8-28(20)2/h5-11H,1-4H3,(H,22,23,24,25,27). The Morgan fingerprint density at radius 2 is 1.94 bits per heavy atom. The van der Waals surface area contributed by atoms with Crippen molar-refractivity contribution < 1.29 is 4.74 Å². The predicted octanol–water partition coefficient (Wildman–Crippen LogP) is 2.38. The monoisotopic (exact) mass is 416 g/mol. The molecule has 5 aromatic rings. The number of aryl methyl sites for hydroxylation is 3. The lowest BCUT2D eigenvalue weighted by molar-refractivity contribution is 0.397. The van der Waals surface area contributed by atoms with E-state index in [-0.39, 0.29) is 0 Å². The number of aromatic nitrogens is 9. The second kappa shape index (κ2) is 7.20. The third-order valence-corrected chi connectivity index (χ3v) is 4.99. The van der Waals surface area contributed by atoms with Crippen LogP contribution in [0.25, 0.3) is 28.4 Å². The Balaban J connectivity index is 1.72. The maximum Gasteiger partial charge on any atom is 0.218 e. The minimum Gasteiger partial charge on any atom is -0.481 e. The number of anilines is 2. The van der Waals surface area contributed by atoms with Gasteiger partial charge in [-0.25, -0.2) is 24.5 Å². The highest BCUT2D eigenvalue weighted by molar-refractivity contribution is 5.84. The summed E-state index contributed by atoms with van der Waals surface area (Å²) in [7, 11) is 5.35. The molecule has 31 heavy (non-hydrogen) atoms. The van der Waals surface area contributed by atoms with Crippen molar-refractivity contribution in [2.45, 2.75) is 6.92 Å². The Morgan fingerprint density at radius 1 is 1.06 bits per heavy atom. The van der Waals surface area contributed by atoms with Gasteiger partial charge in [0.25, 0.3) is 0 Å². The summed E-state index contributed by atoms with van der Waals surface area (Å²) in [4.78, 5) is 17.5. The summed E-state index contributed by atoms with van der Waals surface area (Å²) in [6.07, 6.45) is 8.86. The summed E-state index contributed by atoms with van der Waals surface area (Å²) in [5.41, 5.74) is 3.64. The van der Waals surface area contributed by atoms with Crippen LogP contribution in [0.15, 0.2) is 43.2 Å². The SMILES string of the molecule is COc1cc(Nc2nc(-c3nccn3C)nn3cc(-c4ccn(C)n4)c(C)c23)ncn1. The van der Waals surface area contributed by atoms with Crippen LogP contribution in [0.3, 0.4) is 0 Å². The molecule has 0 aliphatic heterocycles. The van der Waals surface area contributed by atoms with E-state index in [1.807, 2.05) is 50.2 Å². The van der Waals surface area contributed by atoms with Crippen LogP contribution in [0.2, 0.25) is 0 Å². The molecule has 11 nitrogen and oxygen atoms in total. The molecule has 1 N–H and O–H groups in total. The number of methoxy groups -OCH3 is 1. The summed E-state index contributed by atoms with van der Waals surface area (Å²) in [6.45, 7) is 2.02. The first-order valence-corrected chi connectivity index (χ1v) is 9.54. The molecule has 5 aromatic heterocycles. The van der Waals surface area contributed by atoms with Crippen LogP contribution in [-0.4, -0.2) is 51.0 Å². The third kappa shape index (κ3) is 3.25.